The largest absolute Gasteiger partial charge is 0.494 e. The van der Waals surface area contributed by atoms with Crippen LogP contribution in [0.1, 0.15) is 24.5 Å². The van der Waals surface area contributed by atoms with Gasteiger partial charge in [0.25, 0.3) is 0 Å². The normalized spacial score (nSPS) is 11.6. The lowest BCUT2D eigenvalue weighted by molar-refractivity contribution is -0.141. The summed E-state index contributed by atoms with van der Waals surface area (Å²) in [4.78, 5) is 23.5. The molecule has 26 heavy (non-hydrogen) atoms. The van der Waals surface area contributed by atoms with E-state index in [9.17, 15) is 14.7 Å². The molecule has 5 heteroatoms. The molecule has 138 valence electrons. The highest BCUT2D eigenvalue weighted by Crippen LogP contribution is 2.15. The molecule has 0 aliphatic rings. The van der Waals surface area contributed by atoms with E-state index < -0.39 is 11.9 Å². The fourth-order valence-electron chi connectivity index (χ4n) is 2.65. The highest BCUT2D eigenvalue weighted by atomic mass is 16.5. The molecule has 0 radical (unpaired) electrons. The van der Waals surface area contributed by atoms with E-state index in [-0.39, 0.29) is 12.5 Å². The second kappa shape index (κ2) is 10.2. The molecule has 2 rings (SSSR count). The van der Waals surface area contributed by atoms with Crippen LogP contribution in [0.15, 0.2) is 54.6 Å². The van der Waals surface area contributed by atoms with Gasteiger partial charge in [-0.15, -0.1) is 0 Å². The first-order valence-electron chi connectivity index (χ1n) is 8.83. The number of hydrogen-bond acceptors (Lipinski definition) is 3. The first-order chi connectivity index (χ1) is 12.6. The summed E-state index contributed by atoms with van der Waals surface area (Å²) < 4.78 is 5.38. The predicted molar refractivity (Wildman–Crippen MR) is 100 cm³/mol. The molecule has 0 aliphatic carbocycles. The van der Waals surface area contributed by atoms with Gasteiger partial charge in [0.15, 0.2) is 0 Å². The highest BCUT2D eigenvalue weighted by Gasteiger charge is 2.19. The standard InChI is InChI=1S/C21H25NO4/c1-2-26-19-11-8-17(9-12-19)14-18(21(24)25)15-22-20(23)13-10-16-6-4-3-5-7-16/h3-9,11-12,18H,2,10,13-15H2,1H3,(H,22,23)(H,24,25). The number of amides is 1. The van der Waals surface area contributed by atoms with Gasteiger partial charge in [-0.05, 0) is 43.0 Å². The Morgan fingerprint density at radius 3 is 2.35 bits per heavy atom. The number of hydrogen-bond donors (Lipinski definition) is 2. The Kier molecular flexibility index (Phi) is 7.68. The first kappa shape index (κ1) is 19.5. The number of carbonyl (C=O) groups is 2. The van der Waals surface area contributed by atoms with Gasteiger partial charge in [-0.1, -0.05) is 42.5 Å². The Balaban J connectivity index is 1.81. The zero-order valence-corrected chi connectivity index (χ0v) is 15.0. The molecule has 0 saturated carbocycles. The van der Waals surface area contributed by atoms with Gasteiger partial charge in [0.1, 0.15) is 5.75 Å². The quantitative estimate of drug-likeness (QED) is 0.687. The van der Waals surface area contributed by atoms with E-state index in [2.05, 4.69) is 5.32 Å². The zero-order chi connectivity index (χ0) is 18.8. The Morgan fingerprint density at radius 2 is 1.73 bits per heavy atom. The number of carboxylic acid groups (broad SMARTS) is 1. The average molecular weight is 355 g/mol. The maximum absolute atomic E-state index is 12.0. The van der Waals surface area contributed by atoms with Crippen LogP contribution in [-0.4, -0.2) is 30.1 Å². The van der Waals surface area contributed by atoms with Crippen LogP contribution in [0, 0.1) is 5.92 Å². The average Bonchev–Trinajstić information content (AvgIpc) is 2.65. The van der Waals surface area contributed by atoms with E-state index in [1.165, 1.54) is 0 Å². The van der Waals surface area contributed by atoms with Crippen LogP contribution in [-0.2, 0) is 22.4 Å². The topological polar surface area (TPSA) is 75.6 Å². The first-order valence-corrected chi connectivity index (χ1v) is 8.83. The molecule has 2 aromatic carbocycles. The van der Waals surface area contributed by atoms with Gasteiger partial charge in [-0.3, -0.25) is 9.59 Å². The number of rotatable bonds is 10. The second-order valence-corrected chi connectivity index (χ2v) is 6.11. The molecular formula is C21H25NO4. The van der Waals surface area contributed by atoms with Crippen molar-refractivity contribution in [1.29, 1.82) is 0 Å². The summed E-state index contributed by atoms with van der Waals surface area (Å²) in [6.07, 6.45) is 1.35. The minimum Gasteiger partial charge on any atom is -0.494 e. The summed E-state index contributed by atoms with van der Waals surface area (Å²) in [6, 6.07) is 17.1. The zero-order valence-electron chi connectivity index (χ0n) is 15.0. The second-order valence-electron chi connectivity index (χ2n) is 6.11. The molecule has 5 nitrogen and oxygen atoms in total. The lowest BCUT2D eigenvalue weighted by Gasteiger charge is -2.14. The Bertz CT molecular complexity index is 698. The van der Waals surface area contributed by atoms with Crippen LogP contribution in [0.2, 0.25) is 0 Å². The van der Waals surface area contributed by atoms with E-state index >= 15 is 0 Å². The van der Waals surface area contributed by atoms with Crippen molar-refractivity contribution in [3.05, 3.63) is 65.7 Å². The van der Waals surface area contributed by atoms with Crippen molar-refractivity contribution in [3.8, 4) is 5.75 Å². The molecule has 0 bridgehead atoms. The highest BCUT2D eigenvalue weighted by molar-refractivity contribution is 5.77. The van der Waals surface area contributed by atoms with Gasteiger partial charge < -0.3 is 15.2 Å². The van der Waals surface area contributed by atoms with Gasteiger partial charge in [-0.25, -0.2) is 0 Å². The van der Waals surface area contributed by atoms with Crippen LogP contribution in [0.4, 0.5) is 0 Å². The predicted octanol–water partition coefficient (Wildman–Crippen LogP) is 3.08. The van der Waals surface area contributed by atoms with Crippen molar-refractivity contribution in [2.24, 2.45) is 5.92 Å². The van der Waals surface area contributed by atoms with Crippen molar-refractivity contribution < 1.29 is 19.4 Å². The monoisotopic (exact) mass is 355 g/mol. The number of nitrogens with one attached hydrogen (secondary N) is 1. The maximum Gasteiger partial charge on any atom is 0.308 e. The lowest BCUT2D eigenvalue weighted by atomic mass is 9.99. The summed E-state index contributed by atoms with van der Waals surface area (Å²) in [7, 11) is 0. The summed E-state index contributed by atoms with van der Waals surface area (Å²) in [5.74, 6) is -0.944. The van der Waals surface area contributed by atoms with Gasteiger partial charge in [0.05, 0.1) is 12.5 Å². The number of carbonyl (C=O) groups excluding carboxylic acids is 1. The molecule has 1 unspecified atom stereocenters. The van der Waals surface area contributed by atoms with Crippen molar-refractivity contribution in [1.82, 2.24) is 5.32 Å². The third kappa shape index (κ3) is 6.59. The number of ether oxygens (including phenoxy) is 1. The van der Waals surface area contributed by atoms with E-state index in [0.717, 1.165) is 16.9 Å². The smallest absolute Gasteiger partial charge is 0.308 e. The van der Waals surface area contributed by atoms with Crippen molar-refractivity contribution in [2.45, 2.75) is 26.2 Å². The summed E-state index contributed by atoms with van der Waals surface area (Å²) >= 11 is 0. The number of aliphatic carboxylic acids is 1. The van der Waals surface area contributed by atoms with E-state index in [0.29, 0.717) is 25.9 Å². The van der Waals surface area contributed by atoms with Gasteiger partial charge in [0, 0.05) is 13.0 Å². The van der Waals surface area contributed by atoms with E-state index in [4.69, 9.17) is 4.74 Å². The molecule has 0 heterocycles. The summed E-state index contributed by atoms with van der Waals surface area (Å²) in [6.45, 7) is 2.62. The fourth-order valence-corrected chi connectivity index (χ4v) is 2.65. The minimum absolute atomic E-state index is 0.121. The Labute approximate surface area is 154 Å². The van der Waals surface area contributed by atoms with Crippen molar-refractivity contribution in [2.75, 3.05) is 13.2 Å². The third-order valence-corrected chi connectivity index (χ3v) is 4.09. The van der Waals surface area contributed by atoms with Gasteiger partial charge in [0.2, 0.25) is 5.91 Å². The van der Waals surface area contributed by atoms with Crippen LogP contribution in [0.3, 0.4) is 0 Å². The van der Waals surface area contributed by atoms with Crippen LogP contribution < -0.4 is 10.1 Å². The SMILES string of the molecule is CCOc1ccc(CC(CNC(=O)CCc2ccccc2)C(=O)O)cc1. The maximum atomic E-state index is 12.0. The lowest BCUT2D eigenvalue weighted by Crippen LogP contribution is -2.34. The molecule has 0 aliphatic heterocycles. The molecule has 2 aromatic rings. The van der Waals surface area contributed by atoms with Crippen LogP contribution >= 0.6 is 0 Å². The van der Waals surface area contributed by atoms with Crippen LogP contribution in [0.5, 0.6) is 5.75 Å². The number of aryl methyl sites for hydroxylation is 1. The molecule has 1 amide bonds. The van der Waals surface area contributed by atoms with E-state index in [1.54, 1.807) is 0 Å². The third-order valence-electron chi connectivity index (χ3n) is 4.09. The van der Waals surface area contributed by atoms with Gasteiger partial charge >= 0.3 is 5.97 Å². The summed E-state index contributed by atoms with van der Waals surface area (Å²) in [5, 5.41) is 12.2. The van der Waals surface area contributed by atoms with Gasteiger partial charge in [-0.2, -0.15) is 0 Å². The molecular weight excluding hydrogens is 330 g/mol. The Hall–Kier alpha value is -2.82. The molecule has 1 atom stereocenters. The molecule has 2 N–H and O–H groups in total. The minimum atomic E-state index is -0.915. The molecule has 0 aromatic heterocycles. The molecule has 0 saturated heterocycles. The molecule has 0 spiro atoms. The Morgan fingerprint density at radius 1 is 1.04 bits per heavy atom. The number of benzene rings is 2. The fraction of sp³-hybridized carbons (Fsp3) is 0.333. The van der Waals surface area contributed by atoms with Crippen molar-refractivity contribution >= 4 is 11.9 Å². The summed E-state index contributed by atoms with van der Waals surface area (Å²) in [5.41, 5.74) is 1.99. The molecule has 0 fully saturated rings. The van der Waals surface area contributed by atoms with Crippen LogP contribution in [0.25, 0.3) is 0 Å². The van der Waals surface area contributed by atoms with E-state index in [1.807, 2.05) is 61.5 Å². The van der Waals surface area contributed by atoms with Crippen molar-refractivity contribution in [3.63, 3.8) is 0 Å². The number of carboxylic acids is 1.